The van der Waals surface area contributed by atoms with E-state index >= 15 is 0 Å². The standard InChI is InChI=1S/C6H12N4O2/c7-5(11)4-3-9-1-2-10(4)6(8)12/h4,9H,1-3H2,(H2,7,11)(H2,8,12). The first-order valence-corrected chi connectivity index (χ1v) is 3.69. The van der Waals surface area contributed by atoms with E-state index < -0.39 is 18.0 Å². The predicted octanol–water partition coefficient (Wildman–Crippen LogP) is -2.18. The summed E-state index contributed by atoms with van der Waals surface area (Å²) in [5.74, 6) is -0.527. The van der Waals surface area contributed by atoms with Gasteiger partial charge in [-0.15, -0.1) is 0 Å². The maximum Gasteiger partial charge on any atom is 0.315 e. The molecule has 0 aromatic rings. The van der Waals surface area contributed by atoms with Gasteiger partial charge in [0.25, 0.3) is 0 Å². The van der Waals surface area contributed by atoms with Crippen LogP contribution in [0.5, 0.6) is 0 Å². The Hall–Kier alpha value is -1.30. The van der Waals surface area contributed by atoms with Crippen molar-refractivity contribution in [2.45, 2.75) is 6.04 Å². The highest BCUT2D eigenvalue weighted by Crippen LogP contribution is 2.01. The van der Waals surface area contributed by atoms with Crippen molar-refractivity contribution in [3.8, 4) is 0 Å². The van der Waals surface area contributed by atoms with E-state index in [1.807, 2.05) is 0 Å². The molecular weight excluding hydrogens is 160 g/mol. The van der Waals surface area contributed by atoms with E-state index in [0.717, 1.165) is 0 Å². The number of piperazine rings is 1. The number of carbonyl (C=O) groups excluding carboxylic acids is 2. The number of nitrogens with zero attached hydrogens (tertiary/aromatic N) is 1. The zero-order valence-electron chi connectivity index (χ0n) is 6.62. The number of rotatable bonds is 1. The average Bonchev–Trinajstić information content (AvgIpc) is 2.04. The summed E-state index contributed by atoms with van der Waals surface area (Å²) in [6.07, 6.45) is 0. The first-order valence-electron chi connectivity index (χ1n) is 3.69. The van der Waals surface area contributed by atoms with Crippen LogP contribution in [-0.2, 0) is 4.79 Å². The van der Waals surface area contributed by atoms with Gasteiger partial charge in [0.15, 0.2) is 0 Å². The average molecular weight is 172 g/mol. The van der Waals surface area contributed by atoms with Gasteiger partial charge in [-0.05, 0) is 0 Å². The van der Waals surface area contributed by atoms with Crippen molar-refractivity contribution in [1.29, 1.82) is 0 Å². The van der Waals surface area contributed by atoms with Crippen molar-refractivity contribution < 1.29 is 9.59 Å². The van der Waals surface area contributed by atoms with E-state index in [1.165, 1.54) is 4.90 Å². The summed E-state index contributed by atoms with van der Waals surface area (Å²) in [6.45, 7) is 1.47. The molecule has 3 amide bonds. The minimum absolute atomic E-state index is 0.387. The van der Waals surface area contributed by atoms with Crippen molar-refractivity contribution in [1.82, 2.24) is 10.2 Å². The summed E-state index contributed by atoms with van der Waals surface area (Å²) >= 11 is 0. The maximum absolute atomic E-state index is 10.8. The second kappa shape index (κ2) is 3.40. The van der Waals surface area contributed by atoms with Gasteiger partial charge in [-0.1, -0.05) is 0 Å². The number of hydrogen-bond acceptors (Lipinski definition) is 3. The number of urea groups is 1. The Morgan fingerprint density at radius 1 is 1.42 bits per heavy atom. The number of carbonyl (C=O) groups is 2. The molecule has 5 N–H and O–H groups in total. The molecule has 6 heteroatoms. The molecule has 0 spiro atoms. The van der Waals surface area contributed by atoms with Gasteiger partial charge >= 0.3 is 6.03 Å². The van der Waals surface area contributed by atoms with Crippen LogP contribution in [0.4, 0.5) is 4.79 Å². The minimum atomic E-state index is -0.601. The van der Waals surface area contributed by atoms with Crippen LogP contribution in [0.1, 0.15) is 0 Å². The third-order valence-corrected chi connectivity index (χ3v) is 1.85. The second-order valence-corrected chi connectivity index (χ2v) is 2.65. The van der Waals surface area contributed by atoms with Gasteiger partial charge < -0.3 is 21.7 Å². The number of nitrogens with one attached hydrogen (secondary N) is 1. The molecular formula is C6H12N4O2. The molecule has 0 saturated carbocycles. The maximum atomic E-state index is 10.8. The van der Waals surface area contributed by atoms with E-state index in [0.29, 0.717) is 19.6 Å². The van der Waals surface area contributed by atoms with Gasteiger partial charge in [0.05, 0.1) is 0 Å². The van der Waals surface area contributed by atoms with Gasteiger partial charge in [0.1, 0.15) is 6.04 Å². The molecule has 1 rings (SSSR count). The van der Waals surface area contributed by atoms with Crippen LogP contribution in [0, 0.1) is 0 Å². The number of primary amides is 2. The summed E-state index contributed by atoms with van der Waals surface area (Å²) < 4.78 is 0. The molecule has 0 aromatic carbocycles. The van der Waals surface area contributed by atoms with Crippen molar-refractivity contribution in [2.24, 2.45) is 11.5 Å². The molecule has 1 atom stereocenters. The zero-order chi connectivity index (χ0) is 9.14. The monoisotopic (exact) mass is 172 g/mol. The molecule has 1 heterocycles. The quantitative estimate of drug-likeness (QED) is 0.419. The molecule has 68 valence electrons. The fourth-order valence-electron chi connectivity index (χ4n) is 1.22. The Kier molecular flexibility index (Phi) is 2.49. The van der Waals surface area contributed by atoms with Crippen LogP contribution >= 0.6 is 0 Å². The molecule has 0 bridgehead atoms. The normalized spacial score (nSPS) is 23.7. The Labute approximate surface area is 69.9 Å². The SMILES string of the molecule is NC(=O)C1CNCCN1C(N)=O. The first kappa shape index (κ1) is 8.79. The molecule has 0 radical (unpaired) electrons. The molecule has 12 heavy (non-hydrogen) atoms. The topological polar surface area (TPSA) is 101 Å². The third kappa shape index (κ3) is 1.65. The fraction of sp³-hybridized carbons (Fsp3) is 0.667. The Morgan fingerprint density at radius 3 is 2.50 bits per heavy atom. The van der Waals surface area contributed by atoms with E-state index in [1.54, 1.807) is 0 Å². The lowest BCUT2D eigenvalue weighted by Gasteiger charge is -2.32. The van der Waals surface area contributed by atoms with E-state index in [9.17, 15) is 9.59 Å². The lowest BCUT2D eigenvalue weighted by atomic mass is 10.2. The summed E-state index contributed by atoms with van der Waals surface area (Å²) in [4.78, 5) is 22.9. The van der Waals surface area contributed by atoms with E-state index in [-0.39, 0.29) is 0 Å². The van der Waals surface area contributed by atoms with Crippen molar-refractivity contribution in [3.63, 3.8) is 0 Å². The molecule has 6 nitrogen and oxygen atoms in total. The van der Waals surface area contributed by atoms with Gasteiger partial charge in [0, 0.05) is 19.6 Å². The molecule has 1 unspecified atom stereocenters. The highest BCUT2D eigenvalue weighted by molar-refractivity contribution is 5.85. The highest BCUT2D eigenvalue weighted by atomic mass is 16.2. The van der Waals surface area contributed by atoms with Gasteiger partial charge in [-0.2, -0.15) is 0 Å². The van der Waals surface area contributed by atoms with Crippen LogP contribution in [-0.4, -0.2) is 42.5 Å². The van der Waals surface area contributed by atoms with Gasteiger partial charge in [0.2, 0.25) is 5.91 Å². The van der Waals surface area contributed by atoms with Crippen LogP contribution in [0.2, 0.25) is 0 Å². The Morgan fingerprint density at radius 2 is 2.08 bits per heavy atom. The zero-order valence-corrected chi connectivity index (χ0v) is 6.62. The van der Waals surface area contributed by atoms with E-state index in [2.05, 4.69) is 5.32 Å². The summed E-state index contributed by atoms with van der Waals surface area (Å²) in [5.41, 5.74) is 10.1. The Bertz CT molecular complexity index is 184. The third-order valence-electron chi connectivity index (χ3n) is 1.85. The summed E-state index contributed by atoms with van der Waals surface area (Å²) in [6, 6.07) is -1.20. The summed E-state index contributed by atoms with van der Waals surface area (Å²) in [7, 11) is 0. The van der Waals surface area contributed by atoms with Crippen LogP contribution in [0.15, 0.2) is 0 Å². The van der Waals surface area contributed by atoms with Gasteiger partial charge in [-0.25, -0.2) is 4.79 Å². The second-order valence-electron chi connectivity index (χ2n) is 2.65. The van der Waals surface area contributed by atoms with Crippen LogP contribution < -0.4 is 16.8 Å². The van der Waals surface area contributed by atoms with Crippen LogP contribution in [0.25, 0.3) is 0 Å². The minimum Gasteiger partial charge on any atom is -0.368 e. The fourth-order valence-corrected chi connectivity index (χ4v) is 1.22. The van der Waals surface area contributed by atoms with Crippen molar-refractivity contribution >= 4 is 11.9 Å². The lowest BCUT2D eigenvalue weighted by molar-refractivity contribution is -0.122. The first-order chi connectivity index (χ1) is 5.63. The molecule has 0 aromatic heterocycles. The smallest absolute Gasteiger partial charge is 0.315 e. The number of hydrogen-bond donors (Lipinski definition) is 3. The summed E-state index contributed by atoms with van der Waals surface area (Å²) in [5, 5.41) is 2.95. The Balaban J connectivity index is 2.67. The molecule has 1 aliphatic rings. The van der Waals surface area contributed by atoms with E-state index in [4.69, 9.17) is 11.5 Å². The molecule has 1 saturated heterocycles. The lowest BCUT2D eigenvalue weighted by Crippen LogP contribution is -2.60. The number of nitrogens with two attached hydrogens (primary N) is 2. The number of amides is 3. The molecule has 0 aliphatic carbocycles. The molecule has 1 fully saturated rings. The molecule has 1 aliphatic heterocycles. The largest absolute Gasteiger partial charge is 0.368 e. The highest BCUT2D eigenvalue weighted by Gasteiger charge is 2.28. The van der Waals surface area contributed by atoms with Gasteiger partial charge in [-0.3, -0.25) is 4.79 Å². The van der Waals surface area contributed by atoms with Crippen LogP contribution in [0.3, 0.4) is 0 Å². The van der Waals surface area contributed by atoms with Crippen molar-refractivity contribution in [3.05, 3.63) is 0 Å². The van der Waals surface area contributed by atoms with Crippen molar-refractivity contribution in [2.75, 3.05) is 19.6 Å². The predicted molar refractivity (Wildman–Crippen MR) is 42.1 cm³/mol.